The molecule has 2 aromatic rings. The molecule has 2 aromatic carbocycles. The van der Waals surface area contributed by atoms with E-state index < -0.39 is 40.4 Å². The highest BCUT2D eigenvalue weighted by atomic mass is 79.9. The van der Waals surface area contributed by atoms with Gasteiger partial charge >= 0.3 is 0 Å². The average molecular weight is 346 g/mol. The highest BCUT2D eigenvalue weighted by Crippen LogP contribution is 2.25. The molecule has 104 valence electrons. The zero-order valence-corrected chi connectivity index (χ0v) is 11.3. The molecule has 0 atom stereocenters. The number of phenols is 1. The predicted molar refractivity (Wildman–Crippen MR) is 70.1 cm³/mol. The number of hydrogen-bond donors (Lipinski definition) is 2. The largest absolute Gasteiger partial charge is 0.507 e. The van der Waals surface area contributed by atoms with Crippen LogP contribution in [-0.2, 0) is 0 Å². The highest BCUT2D eigenvalue weighted by molar-refractivity contribution is 9.10. The molecule has 0 bridgehead atoms. The molecule has 0 heterocycles. The molecule has 0 spiro atoms. The van der Waals surface area contributed by atoms with E-state index in [2.05, 4.69) is 15.9 Å². The Hall–Kier alpha value is -2.02. The van der Waals surface area contributed by atoms with Crippen molar-refractivity contribution in [1.29, 1.82) is 0 Å². The van der Waals surface area contributed by atoms with E-state index in [1.54, 1.807) is 0 Å². The monoisotopic (exact) mass is 345 g/mol. The van der Waals surface area contributed by atoms with Crippen molar-refractivity contribution in [2.45, 2.75) is 0 Å². The maximum Gasteiger partial charge on any atom is 0.259 e. The lowest BCUT2D eigenvalue weighted by atomic mass is 10.1. The maximum atomic E-state index is 13.5. The van der Waals surface area contributed by atoms with E-state index in [0.717, 1.165) is 30.3 Å². The molecule has 1 amide bonds. The van der Waals surface area contributed by atoms with Gasteiger partial charge in [-0.3, -0.25) is 4.79 Å². The number of nitrogens with one attached hydrogen (secondary N) is 1. The molecule has 3 nitrogen and oxygen atoms in total. The van der Waals surface area contributed by atoms with Crippen LogP contribution in [0.25, 0.3) is 0 Å². The molecule has 20 heavy (non-hydrogen) atoms. The Kier molecular flexibility index (Phi) is 3.99. The molecular formula is C13H7BrF3NO2. The topological polar surface area (TPSA) is 49.3 Å². The lowest BCUT2D eigenvalue weighted by Crippen LogP contribution is -2.14. The minimum atomic E-state index is -1.03. The van der Waals surface area contributed by atoms with Gasteiger partial charge in [0.05, 0.1) is 5.56 Å². The Bertz CT molecular complexity index is 668. The van der Waals surface area contributed by atoms with Crippen LogP contribution in [0.3, 0.4) is 0 Å². The second-order valence-corrected chi connectivity index (χ2v) is 4.78. The molecule has 0 aliphatic rings. The smallest absolute Gasteiger partial charge is 0.259 e. The minimum absolute atomic E-state index is 0.166. The molecule has 0 radical (unpaired) electrons. The molecule has 0 aromatic heterocycles. The van der Waals surface area contributed by atoms with E-state index in [1.165, 1.54) is 0 Å². The van der Waals surface area contributed by atoms with Gasteiger partial charge in [0.25, 0.3) is 5.91 Å². The van der Waals surface area contributed by atoms with Crippen molar-refractivity contribution in [2.75, 3.05) is 5.32 Å². The molecule has 0 unspecified atom stereocenters. The molecule has 0 aliphatic heterocycles. The van der Waals surface area contributed by atoms with E-state index in [9.17, 15) is 23.1 Å². The quantitative estimate of drug-likeness (QED) is 0.869. The number of carbonyl (C=O) groups is 1. The summed E-state index contributed by atoms with van der Waals surface area (Å²) in [5, 5.41) is 11.4. The summed E-state index contributed by atoms with van der Waals surface area (Å²) in [6, 6.07) is 4.61. The first-order chi connectivity index (χ1) is 9.38. The van der Waals surface area contributed by atoms with Gasteiger partial charge in [-0.1, -0.05) is 15.9 Å². The van der Waals surface area contributed by atoms with Gasteiger partial charge in [0.1, 0.15) is 17.3 Å². The molecule has 2 rings (SSSR count). The molecule has 0 saturated heterocycles. The normalized spacial score (nSPS) is 10.4. The Balaban J connectivity index is 2.35. The Morgan fingerprint density at radius 1 is 1.10 bits per heavy atom. The third-order valence-corrected chi connectivity index (χ3v) is 2.91. The minimum Gasteiger partial charge on any atom is -0.507 e. The number of hydrogen-bond acceptors (Lipinski definition) is 2. The molecule has 7 heteroatoms. The van der Waals surface area contributed by atoms with Crippen molar-refractivity contribution in [2.24, 2.45) is 0 Å². The first-order valence-electron chi connectivity index (χ1n) is 5.33. The van der Waals surface area contributed by atoms with E-state index in [0.29, 0.717) is 0 Å². The first kappa shape index (κ1) is 14.4. The number of halogens is 4. The van der Waals surface area contributed by atoms with Gasteiger partial charge in [-0.2, -0.15) is 0 Å². The number of carbonyl (C=O) groups excluding carboxylic acids is 1. The molecule has 0 fully saturated rings. The van der Waals surface area contributed by atoms with Gasteiger partial charge in [-0.25, -0.2) is 13.2 Å². The third kappa shape index (κ3) is 2.93. The van der Waals surface area contributed by atoms with Crippen LogP contribution in [0.4, 0.5) is 18.9 Å². The summed E-state index contributed by atoms with van der Waals surface area (Å²) in [5.74, 6) is -4.28. The van der Waals surface area contributed by atoms with E-state index in [4.69, 9.17) is 0 Å². The number of anilines is 1. The first-order valence-corrected chi connectivity index (χ1v) is 6.12. The second kappa shape index (κ2) is 5.54. The number of aromatic hydroxyl groups is 1. The molecule has 0 saturated carbocycles. The summed E-state index contributed by atoms with van der Waals surface area (Å²) in [6.45, 7) is 0. The van der Waals surface area contributed by atoms with E-state index in [-0.39, 0.29) is 4.47 Å². The lowest BCUT2D eigenvalue weighted by Gasteiger charge is -2.09. The SMILES string of the molecule is O=C(Nc1c(F)cc(Br)cc1F)c1cc(F)ccc1O. The van der Waals surface area contributed by atoms with E-state index in [1.807, 2.05) is 5.32 Å². The van der Waals surface area contributed by atoms with Crippen LogP contribution in [0.1, 0.15) is 10.4 Å². The molecule has 2 N–H and O–H groups in total. The number of phenolic OH excluding ortho intramolecular Hbond substituents is 1. The summed E-state index contributed by atoms with van der Waals surface area (Å²) in [5.41, 5.74) is -1.10. The zero-order chi connectivity index (χ0) is 14.9. The lowest BCUT2D eigenvalue weighted by molar-refractivity contribution is 0.102. The van der Waals surface area contributed by atoms with Gasteiger partial charge in [-0.15, -0.1) is 0 Å². The average Bonchev–Trinajstić information content (AvgIpc) is 2.36. The summed E-state index contributed by atoms with van der Waals surface area (Å²) in [6.07, 6.45) is 0. The number of benzene rings is 2. The van der Waals surface area contributed by atoms with Crippen molar-refractivity contribution in [1.82, 2.24) is 0 Å². The maximum absolute atomic E-state index is 13.5. The third-order valence-electron chi connectivity index (χ3n) is 2.45. The van der Waals surface area contributed by atoms with Crippen LogP contribution in [0.15, 0.2) is 34.8 Å². The van der Waals surface area contributed by atoms with Crippen molar-refractivity contribution in [3.63, 3.8) is 0 Å². The summed E-state index contributed by atoms with van der Waals surface area (Å²) >= 11 is 2.90. The number of rotatable bonds is 2. The van der Waals surface area contributed by atoms with Crippen LogP contribution in [0.5, 0.6) is 5.75 Å². The predicted octanol–water partition coefficient (Wildman–Crippen LogP) is 3.82. The summed E-state index contributed by atoms with van der Waals surface area (Å²) < 4.78 is 40.3. The van der Waals surface area contributed by atoms with Gasteiger partial charge in [0.15, 0.2) is 11.6 Å². The van der Waals surface area contributed by atoms with Crippen molar-refractivity contribution in [3.05, 3.63) is 57.8 Å². The molecule has 0 aliphatic carbocycles. The zero-order valence-electron chi connectivity index (χ0n) is 9.75. The summed E-state index contributed by atoms with van der Waals surface area (Å²) in [7, 11) is 0. The summed E-state index contributed by atoms with van der Waals surface area (Å²) in [4.78, 5) is 11.8. The fraction of sp³-hybridized carbons (Fsp3) is 0. The van der Waals surface area contributed by atoms with Crippen molar-refractivity contribution < 1.29 is 23.1 Å². The Morgan fingerprint density at radius 2 is 1.70 bits per heavy atom. The van der Waals surface area contributed by atoms with Crippen LogP contribution >= 0.6 is 15.9 Å². The highest BCUT2D eigenvalue weighted by Gasteiger charge is 2.17. The van der Waals surface area contributed by atoms with Crippen molar-refractivity contribution >= 4 is 27.5 Å². The van der Waals surface area contributed by atoms with E-state index >= 15 is 0 Å². The standard InChI is InChI=1S/C13H7BrF3NO2/c14-6-3-9(16)12(10(17)4-6)18-13(20)8-5-7(15)1-2-11(8)19/h1-5,19H,(H,18,20). The second-order valence-electron chi connectivity index (χ2n) is 3.86. The van der Waals surface area contributed by atoms with Gasteiger partial charge < -0.3 is 10.4 Å². The van der Waals surface area contributed by atoms with Crippen LogP contribution in [0, 0.1) is 17.5 Å². The van der Waals surface area contributed by atoms with Crippen molar-refractivity contribution in [3.8, 4) is 5.75 Å². The van der Waals surface area contributed by atoms with Gasteiger partial charge in [0.2, 0.25) is 0 Å². The Labute approximate surface area is 120 Å². The Morgan fingerprint density at radius 3 is 2.30 bits per heavy atom. The van der Waals surface area contributed by atoms with Crippen LogP contribution < -0.4 is 5.32 Å². The van der Waals surface area contributed by atoms with Gasteiger partial charge in [0, 0.05) is 4.47 Å². The fourth-order valence-corrected chi connectivity index (χ4v) is 1.93. The fourth-order valence-electron chi connectivity index (χ4n) is 1.53. The van der Waals surface area contributed by atoms with Gasteiger partial charge in [-0.05, 0) is 30.3 Å². The van der Waals surface area contributed by atoms with Crippen LogP contribution in [-0.4, -0.2) is 11.0 Å². The molecular weight excluding hydrogens is 339 g/mol. The number of amides is 1. The van der Waals surface area contributed by atoms with Crippen LogP contribution in [0.2, 0.25) is 0 Å².